The van der Waals surface area contributed by atoms with Gasteiger partial charge in [-0.25, -0.2) is 14.5 Å². The van der Waals surface area contributed by atoms with Crippen LogP contribution in [0.2, 0.25) is 0 Å². The molecule has 1 N–H and O–H groups in total. The fourth-order valence-corrected chi connectivity index (χ4v) is 3.21. The average molecular weight is 360 g/mol. The first-order chi connectivity index (χ1) is 12.0. The van der Waals surface area contributed by atoms with Crippen LogP contribution in [0.3, 0.4) is 0 Å². The second-order valence-electron chi connectivity index (χ2n) is 5.22. The molecule has 1 amide bonds. The van der Waals surface area contributed by atoms with Gasteiger partial charge in [-0.15, -0.1) is 11.3 Å². The monoisotopic (exact) mass is 360 g/mol. The number of hydrogen-bond acceptors (Lipinski definition) is 6. The lowest BCUT2D eigenvalue weighted by atomic mass is 10.2. The Bertz CT molecular complexity index is 1000. The first-order valence-corrected chi connectivity index (χ1v) is 8.49. The summed E-state index contributed by atoms with van der Waals surface area (Å²) in [5.41, 5.74) is 0.727. The summed E-state index contributed by atoms with van der Waals surface area (Å²) in [6.45, 7) is 3.38. The molecule has 1 aromatic carbocycles. The highest BCUT2D eigenvalue weighted by Crippen LogP contribution is 2.17. The van der Waals surface area contributed by atoms with Crippen LogP contribution in [0.1, 0.15) is 19.5 Å². The van der Waals surface area contributed by atoms with E-state index in [1.165, 1.54) is 27.6 Å². The van der Waals surface area contributed by atoms with Gasteiger partial charge in [0.05, 0.1) is 29.7 Å². The van der Waals surface area contributed by atoms with E-state index in [9.17, 15) is 14.4 Å². The summed E-state index contributed by atoms with van der Waals surface area (Å²) in [6.07, 6.45) is -0.627. The summed E-state index contributed by atoms with van der Waals surface area (Å²) in [5.74, 6) is -0.223. The number of carbonyl (C=O) groups is 2. The Morgan fingerprint density at radius 3 is 2.80 bits per heavy atom. The van der Waals surface area contributed by atoms with E-state index in [-0.39, 0.29) is 24.6 Å². The molecule has 25 heavy (non-hydrogen) atoms. The third-order valence-corrected chi connectivity index (χ3v) is 4.23. The van der Waals surface area contributed by atoms with Crippen molar-refractivity contribution in [3.8, 4) is 0 Å². The molecule has 0 radical (unpaired) electrons. The van der Waals surface area contributed by atoms with E-state index in [2.05, 4.69) is 10.3 Å². The van der Waals surface area contributed by atoms with Crippen LogP contribution in [0.15, 0.2) is 34.4 Å². The van der Waals surface area contributed by atoms with E-state index in [1.54, 1.807) is 36.6 Å². The summed E-state index contributed by atoms with van der Waals surface area (Å²) in [6, 6.07) is 6.84. The number of fused-ring (bicyclic) bond motifs is 1. The molecule has 0 saturated carbocycles. The minimum atomic E-state index is -0.627. The van der Waals surface area contributed by atoms with Crippen LogP contribution in [-0.4, -0.2) is 33.0 Å². The molecule has 0 fully saturated rings. The second-order valence-corrected chi connectivity index (χ2v) is 6.07. The number of benzene rings is 1. The summed E-state index contributed by atoms with van der Waals surface area (Å²) in [4.78, 5) is 40.4. The van der Waals surface area contributed by atoms with E-state index in [0.29, 0.717) is 21.7 Å². The van der Waals surface area contributed by atoms with Gasteiger partial charge >= 0.3 is 6.09 Å². The lowest BCUT2D eigenvalue weighted by Gasteiger charge is -2.10. The standard InChI is InChI=1S/C16H16N4O4S/c1-3-24-16(23)20-13-7-5-4-6-12(13)14(22)19(20)8-11-9-25-15(18-11)17-10(2)21/h4-7,9H,3,8H2,1-2H3,(H,17,18,21). The molecule has 9 heteroatoms. The Kier molecular flexibility index (Phi) is 4.66. The van der Waals surface area contributed by atoms with Gasteiger partial charge in [-0.05, 0) is 19.1 Å². The Morgan fingerprint density at radius 2 is 2.08 bits per heavy atom. The van der Waals surface area contributed by atoms with E-state index in [1.807, 2.05) is 0 Å². The highest BCUT2D eigenvalue weighted by Gasteiger charge is 2.20. The number of para-hydroxylation sites is 1. The Hall–Kier alpha value is -2.94. The van der Waals surface area contributed by atoms with Crippen molar-refractivity contribution in [1.29, 1.82) is 0 Å². The van der Waals surface area contributed by atoms with Gasteiger partial charge in [0.2, 0.25) is 5.91 Å². The van der Waals surface area contributed by atoms with E-state index < -0.39 is 6.09 Å². The third kappa shape index (κ3) is 3.31. The number of carbonyl (C=O) groups excluding carboxylic acids is 2. The van der Waals surface area contributed by atoms with Crippen LogP contribution in [-0.2, 0) is 16.1 Å². The van der Waals surface area contributed by atoms with Crippen LogP contribution < -0.4 is 10.9 Å². The lowest BCUT2D eigenvalue weighted by molar-refractivity contribution is -0.114. The minimum Gasteiger partial charge on any atom is -0.448 e. The molecule has 0 saturated heterocycles. The number of nitrogens with zero attached hydrogens (tertiary/aromatic N) is 3. The summed E-state index contributed by atoms with van der Waals surface area (Å²) in [5, 5.41) is 5.18. The Labute approximate surface area is 146 Å². The molecule has 0 atom stereocenters. The van der Waals surface area contributed by atoms with Crippen LogP contribution in [0.4, 0.5) is 9.93 Å². The van der Waals surface area contributed by atoms with E-state index >= 15 is 0 Å². The molecule has 2 aromatic heterocycles. The molecule has 3 rings (SSSR count). The molecule has 0 unspecified atom stereocenters. The number of thiazole rings is 1. The predicted molar refractivity (Wildman–Crippen MR) is 94.1 cm³/mol. The van der Waals surface area contributed by atoms with Crippen molar-refractivity contribution >= 4 is 39.4 Å². The van der Waals surface area contributed by atoms with Gasteiger partial charge in [-0.3, -0.25) is 9.59 Å². The fraction of sp³-hybridized carbons (Fsp3) is 0.250. The lowest BCUT2D eigenvalue weighted by Crippen LogP contribution is -2.29. The highest BCUT2D eigenvalue weighted by atomic mass is 32.1. The quantitative estimate of drug-likeness (QED) is 0.770. The summed E-state index contributed by atoms with van der Waals surface area (Å²) >= 11 is 1.25. The SMILES string of the molecule is CCOC(=O)n1c2ccccc2c(=O)n1Cc1csc(NC(C)=O)n1. The van der Waals surface area contributed by atoms with Gasteiger partial charge in [0.1, 0.15) is 0 Å². The van der Waals surface area contributed by atoms with Crippen molar-refractivity contribution in [2.24, 2.45) is 0 Å². The first-order valence-electron chi connectivity index (χ1n) is 7.61. The van der Waals surface area contributed by atoms with Gasteiger partial charge in [0.25, 0.3) is 5.56 Å². The molecule has 2 heterocycles. The van der Waals surface area contributed by atoms with Gasteiger partial charge in [-0.1, -0.05) is 12.1 Å². The molecule has 0 spiro atoms. The maximum absolute atomic E-state index is 12.7. The third-order valence-electron chi connectivity index (χ3n) is 3.43. The molecular formula is C16H16N4O4S. The zero-order valence-electron chi connectivity index (χ0n) is 13.7. The first kappa shape index (κ1) is 16.9. The van der Waals surface area contributed by atoms with E-state index in [0.717, 1.165) is 0 Å². The normalized spacial score (nSPS) is 10.8. The summed E-state index contributed by atoms with van der Waals surface area (Å²) in [7, 11) is 0. The van der Waals surface area contributed by atoms with Gasteiger partial charge in [-0.2, -0.15) is 4.68 Å². The van der Waals surface area contributed by atoms with Crippen molar-refractivity contribution in [3.05, 3.63) is 45.7 Å². The smallest absolute Gasteiger partial charge is 0.433 e. The molecule has 8 nitrogen and oxygen atoms in total. The second kappa shape index (κ2) is 6.89. The fourth-order valence-electron chi connectivity index (χ4n) is 2.46. The van der Waals surface area contributed by atoms with Gasteiger partial charge in [0.15, 0.2) is 5.13 Å². The number of amides is 1. The van der Waals surface area contributed by atoms with Crippen molar-refractivity contribution in [3.63, 3.8) is 0 Å². The number of rotatable bonds is 4. The van der Waals surface area contributed by atoms with Crippen LogP contribution >= 0.6 is 11.3 Å². The Balaban J connectivity index is 2.05. The Morgan fingerprint density at radius 1 is 1.32 bits per heavy atom. The zero-order chi connectivity index (χ0) is 18.0. The highest BCUT2D eigenvalue weighted by molar-refractivity contribution is 7.13. The molecule has 0 aliphatic rings. The van der Waals surface area contributed by atoms with Crippen LogP contribution in [0, 0.1) is 0 Å². The molecule has 3 aromatic rings. The van der Waals surface area contributed by atoms with Crippen LogP contribution in [0.5, 0.6) is 0 Å². The topological polar surface area (TPSA) is 95.2 Å². The number of nitrogens with one attached hydrogen (secondary N) is 1. The molecule has 0 bridgehead atoms. The molecule has 130 valence electrons. The minimum absolute atomic E-state index is 0.0857. The van der Waals surface area contributed by atoms with Crippen LogP contribution in [0.25, 0.3) is 10.9 Å². The predicted octanol–water partition coefficient (Wildman–Crippen LogP) is 2.27. The van der Waals surface area contributed by atoms with Crippen molar-refractivity contribution in [2.75, 3.05) is 11.9 Å². The van der Waals surface area contributed by atoms with E-state index in [4.69, 9.17) is 4.74 Å². The number of ether oxygens (including phenoxy) is 1. The molecular weight excluding hydrogens is 344 g/mol. The molecule has 0 aliphatic heterocycles. The number of anilines is 1. The largest absolute Gasteiger partial charge is 0.448 e. The zero-order valence-corrected chi connectivity index (χ0v) is 14.5. The number of aromatic nitrogens is 3. The molecule has 0 aliphatic carbocycles. The van der Waals surface area contributed by atoms with Crippen molar-refractivity contribution in [2.45, 2.75) is 20.4 Å². The van der Waals surface area contributed by atoms with Gasteiger partial charge in [0, 0.05) is 12.3 Å². The maximum Gasteiger partial charge on any atom is 0.433 e. The average Bonchev–Trinajstić information content (AvgIpc) is 3.11. The van der Waals surface area contributed by atoms with Gasteiger partial charge < -0.3 is 10.1 Å². The number of hydrogen-bond donors (Lipinski definition) is 1. The van der Waals surface area contributed by atoms with Crippen molar-refractivity contribution in [1.82, 2.24) is 14.3 Å². The maximum atomic E-state index is 12.7. The summed E-state index contributed by atoms with van der Waals surface area (Å²) < 4.78 is 7.58. The van der Waals surface area contributed by atoms with Crippen molar-refractivity contribution < 1.29 is 14.3 Å².